The number of benzene rings is 2. The van der Waals surface area contributed by atoms with E-state index in [0.717, 1.165) is 33.2 Å². The Labute approximate surface area is 196 Å². The number of imidazole rings is 1. The van der Waals surface area contributed by atoms with E-state index in [9.17, 15) is 4.79 Å². The lowest BCUT2D eigenvalue weighted by atomic mass is 10.2. The van der Waals surface area contributed by atoms with E-state index in [4.69, 9.17) is 21.3 Å². The number of anilines is 1. The average molecular weight is 467 g/mol. The molecule has 0 aliphatic heterocycles. The molecule has 8 heteroatoms. The summed E-state index contributed by atoms with van der Waals surface area (Å²) >= 11 is 7.60. The van der Waals surface area contributed by atoms with Gasteiger partial charge in [0.05, 0.1) is 27.9 Å². The summed E-state index contributed by atoms with van der Waals surface area (Å²) in [5.41, 5.74) is 3.70. The number of para-hydroxylation sites is 2. The van der Waals surface area contributed by atoms with Gasteiger partial charge in [-0.1, -0.05) is 35.5 Å². The first kappa shape index (κ1) is 22.2. The number of aromatic nitrogens is 3. The Balaban J connectivity index is 1.62. The minimum atomic E-state index is -0.424. The molecule has 2 aromatic carbocycles. The van der Waals surface area contributed by atoms with Crippen molar-refractivity contribution in [3.8, 4) is 11.4 Å². The second-order valence-corrected chi connectivity index (χ2v) is 8.95. The van der Waals surface area contributed by atoms with Crippen LogP contribution in [0.2, 0.25) is 5.02 Å². The Morgan fingerprint density at radius 2 is 1.97 bits per heavy atom. The number of nitrogens with one attached hydrogen (secondary N) is 1. The average Bonchev–Trinajstić information content (AvgIpc) is 3.14. The summed E-state index contributed by atoms with van der Waals surface area (Å²) in [5, 5.41) is 3.53. The number of aryl methyl sites for hydroxylation is 1. The predicted octanol–water partition coefficient (Wildman–Crippen LogP) is 5.90. The smallest absolute Gasteiger partial charge is 0.238 e. The summed E-state index contributed by atoms with van der Waals surface area (Å²) in [6, 6.07) is 17.5. The van der Waals surface area contributed by atoms with Gasteiger partial charge in [-0.15, -0.1) is 0 Å². The van der Waals surface area contributed by atoms with Crippen LogP contribution < -0.4 is 10.1 Å². The van der Waals surface area contributed by atoms with Crippen molar-refractivity contribution in [2.24, 2.45) is 0 Å². The number of rotatable bonds is 7. The number of fused-ring (bicyclic) bond motifs is 1. The highest BCUT2D eigenvalue weighted by atomic mass is 35.5. The van der Waals surface area contributed by atoms with E-state index in [1.807, 2.05) is 69.3 Å². The van der Waals surface area contributed by atoms with Crippen LogP contribution in [0.1, 0.15) is 19.4 Å². The summed E-state index contributed by atoms with van der Waals surface area (Å²) in [5.74, 6) is 0.971. The first-order valence-corrected chi connectivity index (χ1v) is 11.5. The first-order valence-electron chi connectivity index (χ1n) is 10.3. The van der Waals surface area contributed by atoms with Gasteiger partial charge in [0.25, 0.3) is 0 Å². The molecule has 2 aromatic heterocycles. The van der Waals surface area contributed by atoms with Crippen LogP contribution in [0, 0.1) is 6.92 Å². The maximum absolute atomic E-state index is 12.8. The lowest BCUT2D eigenvalue weighted by molar-refractivity contribution is -0.115. The van der Waals surface area contributed by atoms with Crippen LogP contribution in [0.3, 0.4) is 0 Å². The monoisotopic (exact) mass is 466 g/mol. The van der Waals surface area contributed by atoms with Gasteiger partial charge in [-0.2, -0.15) is 0 Å². The molecule has 1 unspecified atom stereocenters. The summed E-state index contributed by atoms with van der Waals surface area (Å²) in [7, 11) is 0. The topological polar surface area (TPSA) is 69.0 Å². The highest BCUT2D eigenvalue weighted by Crippen LogP contribution is 2.32. The van der Waals surface area contributed by atoms with E-state index in [1.165, 1.54) is 11.8 Å². The van der Waals surface area contributed by atoms with Crippen LogP contribution >= 0.6 is 23.4 Å². The molecule has 1 N–H and O–H groups in total. The zero-order valence-electron chi connectivity index (χ0n) is 18.0. The van der Waals surface area contributed by atoms with Crippen LogP contribution in [0.5, 0.6) is 5.75 Å². The number of hydrogen-bond donors (Lipinski definition) is 1. The summed E-state index contributed by atoms with van der Waals surface area (Å²) in [6.45, 7) is 6.30. The van der Waals surface area contributed by atoms with Crippen LogP contribution in [0.4, 0.5) is 5.82 Å². The van der Waals surface area contributed by atoms with Crippen molar-refractivity contribution in [2.45, 2.75) is 31.2 Å². The Bertz CT molecular complexity index is 1260. The maximum atomic E-state index is 12.8. The molecule has 164 valence electrons. The van der Waals surface area contributed by atoms with Gasteiger partial charge in [0.2, 0.25) is 5.91 Å². The molecule has 4 rings (SSSR count). The maximum Gasteiger partial charge on any atom is 0.238 e. The normalized spacial score (nSPS) is 12.0. The number of pyridine rings is 1. The van der Waals surface area contributed by atoms with Crippen LogP contribution in [0.15, 0.2) is 66.0 Å². The van der Waals surface area contributed by atoms with Gasteiger partial charge in [0, 0.05) is 11.9 Å². The molecule has 4 aromatic rings. The van der Waals surface area contributed by atoms with Crippen molar-refractivity contribution in [2.75, 3.05) is 11.9 Å². The third-order valence-corrected chi connectivity index (χ3v) is 6.15. The van der Waals surface area contributed by atoms with Crippen molar-refractivity contribution in [1.29, 1.82) is 0 Å². The predicted molar refractivity (Wildman–Crippen MR) is 130 cm³/mol. The number of halogens is 1. The minimum absolute atomic E-state index is 0.196. The van der Waals surface area contributed by atoms with Gasteiger partial charge >= 0.3 is 0 Å². The highest BCUT2D eigenvalue weighted by molar-refractivity contribution is 8.00. The van der Waals surface area contributed by atoms with Crippen LogP contribution in [-0.4, -0.2) is 32.3 Å². The molecule has 32 heavy (non-hydrogen) atoms. The number of amides is 1. The van der Waals surface area contributed by atoms with Gasteiger partial charge in [-0.05, 0) is 68.8 Å². The Morgan fingerprint density at radius 1 is 1.22 bits per heavy atom. The summed E-state index contributed by atoms with van der Waals surface area (Å²) in [6.07, 6.45) is 1.67. The molecule has 1 atom stereocenters. The second-order valence-electron chi connectivity index (χ2n) is 7.24. The number of carbonyl (C=O) groups is 1. The largest absolute Gasteiger partial charge is 0.494 e. The molecule has 6 nitrogen and oxygen atoms in total. The molecular weight excluding hydrogens is 444 g/mol. The van der Waals surface area contributed by atoms with E-state index < -0.39 is 5.25 Å². The lowest BCUT2D eigenvalue weighted by Crippen LogP contribution is -2.23. The van der Waals surface area contributed by atoms with E-state index in [1.54, 1.807) is 12.3 Å². The Kier molecular flexibility index (Phi) is 6.67. The number of ether oxygens (including phenoxy) is 1. The van der Waals surface area contributed by atoms with Gasteiger partial charge in [0.1, 0.15) is 5.75 Å². The van der Waals surface area contributed by atoms with Crippen LogP contribution in [-0.2, 0) is 4.79 Å². The third kappa shape index (κ3) is 4.74. The standard InChI is InChI=1S/C24H23ClN4O2S/c1-4-31-18-11-9-17(10-12-18)29-21-8-6-5-7-20(21)27-24(29)32-16(3)23(30)28-22-19(25)13-15(2)14-26-22/h5-14,16H,4H2,1-3H3,(H,26,28,30). The van der Waals surface area contributed by atoms with Crippen molar-refractivity contribution in [3.05, 3.63) is 71.4 Å². The number of nitrogens with zero attached hydrogens (tertiary/aromatic N) is 3. The number of thioether (sulfide) groups is 1. The zero-order valence-corrected chi connectivity index (χ0v) is 19.6. The van der Waals surface area contributed by atoms with Gasteiger partial charge in [-0.3, -0.25) is 9.36 Å². The molecule has 0 aliphatic carbocycles. The number of carbonyl (C=O) groups excluding carboxylic acids is 1. The molecular formula is C24H23ClN4O2S. The lowest BCUT2D eigenvalue weighted by Gasteiger charge is -2.14. The van der Waals surface area contributed by atoms with Gasteiger partial charge < -0.3 is 10.1 Å². The highest BCUT2D eigenvalue weighted by Gasteiger charge is 2.21. The zero-order chi connectivity index (χ0) is 22.7. The minimum Gasteiger partial charge on any atom is -0.494 e. The van der Waals surface area contributed by atoms with E-state index in [2.05, 4.69) is 14.9 Å². The molecule has 2 heterocycles. The van der Waals surface area contributed by atoms with E-state index in [0.29, 0.717) is 17.4 Å². The number of hydrogen-bond acceptors (Lipinski definition) is 5. The molecule has 0 bridgehead atoms. The van der Waals surface area contributed by atoms with Crippen molar-refractivity contribution < 1.29 is 9.53 Å². The van der Waals surface area contributed by atoms with Crippen molar-refractivity contribution in [3.63, 3.8) is 0 Å². The van der Waals surface area contributed by atoms with E-state index >= 15 is 0 Å². The van der Waals surface area contributed by atoms with Crippen molar-refractivity contribution in [1.82, 2.24) is 14.5 Å². The second kappa shape index (κ2) is 9.63. The fraction of sp³-hybridized carbons (Fsp3) is 0.208. The Hall–Kier alpha value is -3.03. The van der Waals surface area contributed by atoms with Gasteiger partial charge in [-0.25, -0.2) is 9.97 Å². The summed E-state index contributed by atoms with van der Waals surface area (Å²) in [4.78, 5) is 21.9. The SMILES string of the molecule is CCOc1ccc(-n2c(SC(C)C(=O)Nc3ncc(C)cc3Cl)nc3ccccc32)cc1. The summed E-state index contributed by atoms with van der Waals surface area (Å²) < 4.78 is 7.62. The molecule has 0 radical (unpaired) electrons. The quantitative estimate of drug-likeness (QED) is 0.343. The van der Waals surface area contributed by atoms with Crippen LogP contribution in [0.25, 0.3) is 16.7 Å². The van der Waals surface area contributed by atoms with E-state index in [-0.39, 0.29) is 5.91 Å². The first-order chi connectivity index (χ1) is 15.5. The molecule has 1 amide bonds. The van der Waals surface area contributed by atoms with Crippen molar-refractivity contribution >= 4 is 46.1 Å². The third-order valence-electron chi connectivity index (χ3n) is 4.81. The molecule has 0 spiro atoms. The molecule has 0 aliphatic rings. The Morgan fingerprint density at radius 3 is 2.69 bits per heavy atom. The fourth-order valence-corrected chi connectivity index (χ4v) is 4.46. The molecule has 0 saturated carbocycles. The fourth-order valence-electron chi connectivity index (χ4n) is 3.25. The molecule has 0 fully saturated rings. The molecule has 0 saturated heterocycles. The van der Waals surface area contributed by atoms with Gasteiger partial charge in [0.15, 0.2) is 11.0 Å².